The topological polar surface area (TPSA) is 41.1 Å². The summed E-state index contributed by atoms with van der Waals surface area (Å²) in [6, 6.07) is 0.435. The SMILES string of the molecule is CCCc1nc(NC)c(C)c(N(CC(C)C)C(C)C)n1. The van der Waals surface area contributed by atoms with E-state index in [1.54, 1.807) is 0 Å². The molecule has 0 fully saturated rings. The van der Waals surface area contributed by atoms with Gasteiger partial charge >= 0.3 is 0 Å². The van der Waals surface area contributed by atoms with Gasteiger partial charge < -0.3 is 10.2 Å². The lowest BCUT2D eigenvalue weighted by Gasteiger charge is -2.31. The quantitative estimate of drug-likeness (QED) is 0.826. The second-order valence-corrected chi connectivity index (χ2v) is 6.08. The van der Waals surface area contributed by atoms with Crippen LogP contribution in [0.3, 0.4) is 0 Å². The first-order valence-corrected chi connectivity index (χ1v) is 7.72. The van der Waals surface area contributed by atoms with Crippen LogP contribution in [0.4, 0.5) is 11.6 Å². The van der Waals surface area contributed by atoms with E-state index in [1.807, 2.05) is 7.05 Å². The minimum Gasteiger partial charge on any atom is -0.373 e. The molecule has 1 N–H and O–H groups in total. The molecule has 114 valence electrons. The van der Waals surface area contributed by atoms with E-state index in [9.17, 15) is 0 Å². The number of hydrogen-bond donors (Lipinski definition) is 1. The predicted molar refractivity (Wildman–Crippen MR) is 87.6 cm³/mol. The number of aromatic nitrogens is 2. The highest BCUT2D eigenvalue weighted by atomic mass is 15.2. The maximum atomic E-state index is 4.82. The van der Waals surface area contributed by atoms with Gasteiger partial charge in [0.1, 0.15) is 17.5 Å². The maximum absolute atomic E-state index is 4.82. The van der Waals surface area contributed by atoms with Crippen LogP contribution < -0.4 is 10.2 Å². The third kappa shape index (κ3) is 4.09. The summed E-state index contributed by atoms with van der Waals surface area (Å²) in [6.07, 6.45) is 1.99. The third-order valence-corrected chi connectivity index (χ3v) is 3.33. The second-order valence-electron chi connectivity index (χ2n) is 6.08. The largest absolute Gasteiger partial charge is 0.373 e. The number of nitrogens with one attached hydrogen (secondary N) is 1. The van der Waals surface area contributed by atoms with Crippen molar-refractivity contribution in [3.05, 3.63) is 11.4 Å². The third-order valence-electron chi connectivity index (χ3n) is 3.33. The summed E-state index contributed by atoms with van der Waals surface area (Å²) in [4.78, 5) is 11.8. The van der Waals surface area contributed by atoms with Gasteiger partial charge in [0.2, 0.25) is 0 Å². The molecule has 0 aliphatic rings. The Hall–Kier alpha value is -1.32. The molecule has 0 unspecified atom stereocenters. The molecule has 1 aromatic heterocycles. The van der Waals surface area contributed by atoms with Crippen molar-refractivity contribution in [1.29, 1.82) is 0 Å². The Bertz CT molecular complexity index is 427. The first kappa shape index (κ1) is 16.7. The molecule has 0 radical (unpaired) electrons. The van der Waals surface area contributed by atoms with Gasteiger partial charge in [-0.05, 0) is 33.1 Å². The Labute approximate surface area is 124 Å². The number of aryl methyl sites for hydroxylation is 1. The van der Waals surface area contributed by atoms with Gasteiger partial charge in [-0.1, -0.05) is 20.8 Å². The summed E-state index contributed by atoms with van der Waals surface area (Å²) >= 11 is 0. The average Bonchev–Trinajstić information content (AvgIpc) is 2.38. The highest BCUT2D eigenvalue weighted by Gasteiger charge is 2.19. The van der Waals surface area contributed by atoms with Gasteiger partial charge in [-0.25, -0.2) is 9.97 Å². The molecule has 4 nitrogen and oxygen atoms in total. The van der Waals surface area contributed by atoms with Crippen LogP contribution in [0, 0.1) is 12.8 Å². The minimum atomic E-state index is 0.435. The predicted octanol–water partition coefficient (Wildman–Crippen LogP) is 3.65. The molecule has 0 aliphatic carbocycles. The fourth-order valence-electron chi connectivity index (χ4n) is 2.34. The van der Waals surface area contributed by atoms with Crippen molar-refractivity contribution in [3.63, 3.8) is 0 Å². The van der Waals surface area contributed by atoms with Crippen LogP contribution in [0.1, 0.15) is 52.4 Å². The van der Waals surface area contributed by atoms with Crippen molar-refractivity contribution in [2.45, 2.75) is 60.4 Å². The summed E-state index contributed by atoms with van der Waals surface area (Å²) in [5.41, 5.74) is 1.14. The highest BCUT2D eigenvalue weighted by molar-refractivity contribution is 5.58. The molecule has 0 saturated carbocycles. The Morgan fingerprint density at radius 2 is 1.80 bits per heavy atom. The van der Waals surface area contributed by atoms with Gasteiger partial charge in [0, 0.05) is 31.6 Å². The van der Waals surface area contributed by atoms with Crippen LogP contribution in [-0.2, 0) is 6.42 Å². The first-order chi connectivity index (χ1) is 9.40. The fourth-order valence-corrected chi connectivity index (χ4v) is 2.34. The molecule has 1 aromatic rings. The summed E-state index contributed by atoms with van der Waals surface area (Å²) in [6.45, 7) is 14.2. The normalized spacial score (nSPS) is 11.2. The molecular weight excluding hydrogens is 248 g/mol. The molecule has 0 aromatic carbocycles. The molecule has 4 heteroatoms. The lowest BCUT2D eigenvalue weighted by Crippen LogP contribution is -2.36. The van der Waals surface area contributed by atoms with E-state index in [1.165, 1.54) is 0 Å². The van der Waals surface area contributed by atoms with Gasteiger partial charge in [0.15, 0.2) is 0 Å². The number of anilines is 2. The van der Waals surface area contributed by atoms with Crippen molar-refractivity contribution in [3.8, 4) is 0 Å². The molecule has 0 amide bonds. The van der Waals surface area contributed by atoms with Gasteiger partial charge in [0.05, 0.1) is 0 Å². The standard InChI is InChI=1S/C16H30N4/c1-8-9-14-18-15(17-7)13(6)16(19-14)20(12(4)5)10-11(2)3/h11-12H,8-10H2,1-7H3,(H,17,18,19). The smallest absolute Gasteiger partial charge is 0.137 e. The van der Waals surface area contributed by atoms with E-state index in [-0.39, 0.29) is 0 Å². The monoisotopic (exact) mass is 278 g/mol. The van der Waals surface area contributed by atoms with Crippen molar-refractivity contribution in [1.82, 2.24) is 9.97 Å². The molecule has 0 aliphatic heterocycles. The number of hydrogen-bond acceptors (Lipinski definition) is 4. The fraction of sp³-hybridized carbons (Fsp3) is 0.750. The summed E-state index contributed by atoms with van der Waals surface area (Å²) in [5.74, 6) is 3.58. The van der Waals surface area contributed by atoms with Gasteiger partial charge in [0.25, 0.3) is 0 Å². The minimum absolute atomic E-state index is 0.435. The van der Waals surface area contributed by atoms with E-state index in [2.05, 4.69) is 56.7 Å². The van der Waals surface area contributed by atoms with Crippen LogP contribution in [0.5, 0.6) is 0 Å². The molecule has 1 rings (SSSR count). The Morgan fingerprint density at radius 3 is 2.25 bits per heavy atom. The first-order valence-electron chi connectivity index (χ1n) is 7.72. The van der Waals surface area contributed by atoms with Crippen molar-refractivity contribution in [2.75, 3.05) is 23.8 Å². The molecule has 0 bridgehead atoms. The van der Waals surface area contributed by atoms with Crippen LogP contribution in [0.2, 0.25) is 0 Å². The lowest BCUT2D eigenvalue weighted by atomic mass is 10.1. The van der Waals surface area contributed by atoms with E-state index >= 15 is 0 Å². The number of rotatable bonds is 7. The van der Waals surface area contributed by atoms with Crippen LogP contribution in [-0.4, -0.2) is 29.6 Å². The van der Waals surface area contributed by atoms with Crippen LogP contribution in [0.25, 0.3) is 0 Å². The summed E-state index contributed by atoms with van der Waals surface area (Å²) < 4.78 is 0. The van der Waals surface area contributed by atoms with E-state index in [4.69, 9.17) is 4.98 Å². The Morgan fingerprint density at radius 1 is 1.15 bits per heavy atom. The Balaban J connectivity index is 3.27. The zero-order chi connectivity index (χ0) is 15.3. The molecule has 1 heterocycles. The molecular formula is C16H30N4. The van der Waals surface area contributed by atoms with Crippen molar-refractivity contribution in [2.24, 2.45) is 5.92 Å². The zero-order valence-electron chi connectivity index (χ0n) is 14.1. The lowest BCUT2D eigenvalue weighted by molar-refractivity contribution is 0.563. The highest BCUT2D eigenvalue weighted by Crippen LogP contribution is 2.26. The number of nitrogens with zero attached hydrogens (tertiary/aromatic N) is 3. The average molecular weight is 278 g/mol. The second kappa shape index (κ2) is 7.46. The van der Waals surface area contributed by atoms with E-state index < -0.39 is 0 Å². The summed E-state index contributed by atoms with van der Waals surface area (Å²) in [5, 5.41) is 3.20. The van der Waals surface area contributed by atoms with E-state index in [0.29, 0.717) is 12.0 Å². The van der Waals surface area contributed by atoms with Gasteiger partial charge in [-0.3, -0.25) is 0 Å². The molecule has 0 saturated heterocycles. The maximum Gasteiger partial charge on any atom is 0.137 e. The molecule has 0 atom stereocenters. The van der Waals surface area contributed by atoms with Crippen LogP contribution in [0.15, 0.2) is 0 Å². The molecule has 20 heavy (non-hydrogen) atoms. The molecule has 0 spiro atoms. The van der Waals surface area contributed by atoms with Crippen molar-refractivity contribution >= 4 is 11.6 Å². The van der Waals surface area contributed by atoms with Crippen LogP contribution >= 0.6 is 0 Å². The zero-order valence-corrected chi connectivity index (χ0v) is 14.1. The van der Waals surface area contributed by atoms with Gasteiger partial charge in [-0.2, -0.15) is 0 Å². The summed E-state index contributed by atoms with van der Waals surface area (Å²) in [7, 11) is 1.93. The van der Waals surface area contributed by atoms with E-state index in [0.717, 1.165) is 42.4 Å². The van der Waals surface area contributed by atoms with Gasteiger partial charge in [-0.15, -0.1) is 0 Å². The van der Waals surface area contributed by atoms with Crippen molar-refractivity contribution < 1.29 is 0 Å². The Kier molecular flexibility index (Phi) is 6.24.